The van der Waals surface area contributed by atoms with Crippen molar-refractivity contribution in [3.63, 3.8) is 0 Å². The number of primary amides is 1. The Balaban J connectivity index is 2.35. The Morgan fingerprint density at radius 2 is 2.00 bits per heavy atom. The molecule has 0 saturated carbocycles. The number of nitrogens with one attached hydrogen (secondary N) is 1. The van der Waals surface area contributed by atoms with Gasteiger partial charge in [-0.1, -0.05) is 18.2 Å². The molecule has 4 heteroatoms. The summed E-state index contributed by atoms with van der Waals surface area (Å²) in [6.45, 7) is 8.59. The minimum absolute atomic E-state index is 0.228. The van der Waals surface area contributed by atoms with Crippen LogP contribution in [0.4, 0.5) is 0 Å². The van der Waals surface area contributed by atoms with Gasteiger partial charge in [-0.05, 0) is 58.6 Å². The predicted molar refractivity (Wildman–Crippen MR) is 86.4 cm³/mol. The summed E-state index contributed by atoms with van der Waals surface area (Å²) in [7, 11) is 0. The molecule has 0 spiro atoms. The van der Waals surface area contributed by atoms with Crippen molar-refractivity contribution >= 4 is 5.91 Å². The van der Waals surface area contributed by atoms with Gasteiger partial charge >= 0.3 is 0 Å². The molecule has 0 radical (unpaired) electrons. The Hall–Kier alpha value is -1.55. The number of carbonyl (C=O) groups excluding carboxylic acids is 1. The zero-order valence-electron chi connectivity index (χ0n) is 13.6. The summed E-state index contributed by atoms with van der Waals surface area (Å²) in [5.41, 5.74) is 6.01. The van der Waals surface area contributed by atoms with E-state index in [1.54, 1.807) is 0 Å². The van der Waals surface area contributed by atoms with E-state index in [0.29, 0.717) is 6.61 Å². The number of aryl methyl sites for hydroxylation is 1. The Kier molecular flexibility index (Phi) is 6.69. The molecule has 0 aliphatic carbocycles. The van der Waals surface area contributed by atoms with E-state index in [9.17, 15) is 4.79 Å². The number of nitrogens with two attached hydrogens (primary N) is 1. The Morgan fingerprint density at radius 3 is 2.57 bits per heavy atom. The van der Waals surface area contributed by atoms with Gasteiger partial charge in [0.2, 0.25) is 5.91 Å². The fourth-order valence-corrected chi connectivity index (χ4v) is 2.38. The largest absolute Gasteiger partial charge is 0.493 e. The smallest absolute Gasteiger partial charge is 0.237 e. The molecule has 0 aromatic heterocycles. The van der Waals surface area contributed by atoms with Gasteiger partial charge in [0.1, 0.15) is 5.75 Å². The van der Waals surface area contributed by atoms with Crippen LogP contribution in [0.5, 0.6) is 5.75 Å². The molecule has 0 bridgehead atoms. The van der Waals surface area contributed by atoms with Crippen molar-refractivity contribution in [3.8, 4) is 5.75 Å². The number of unbranched alkanes of at least 4 members (excludes halogenated alkanes) is 1. The van der Waals surface area contributed by atoms with Gasteiger partial charge < -0.3 is 15.8 Å². The van der Waals surface area contributed by atoms with E-state index >= 15 is 0 Å². The highest BCUT2D eigenvalue weighted by molar-refractivity contribution is 5.84. The number of hydrogen-bond acceptors (Lipinski definition) is 3. The van der Waals surface area contributed by atoms with Crippen LogP contribution in [-0.2, 0) is 4.79 Å². The van der Waals surface area contributed by atoms with Crippen molar-refractivity contribution in [1.82, 2.24) is 5.32 Å². The standard InChI is InChI=1S/C17H28N2O2/c1-13(2)19-17(4,16(18)20)11-7-8-12-21-15-10-6-5-9-14(15)3/h5-6,9-10,13,19H,7-8,11-12H2,1-4H3,(H2,18,20). The van der Waals surface area contributed by atoms with E-state index in [2.05, 4.69) is 5.32 Å². The molecular weight excluding hydrogens is 264 g/mol. The lowest BCUT2D eigenvalue weighted by atomic mass is 9.93. The lowest BCUT2D eigenvalue weighted by Gasteiger charge is -2.29. The summed E-state index contributed by atoms with van der Waals surface area (Å²) in [6, 6.07) is 8.21. The fourth-order valence-electron chi connectivity index (χ4n) is 2.38. The number of carbonyl (C=O) groups is 1. The first-order valence-electron chi connectivity index (χ1n) is 7.61. The van der Waals surface area contributed by atoms with Crippen molar-refractivity contribution in [2.75, 3.05) is 6.61 Å². The third-order valence-electron chi connectivity index (χ3n) is 3.57. The molecule has 0 fully saturated rings. The summed E-state index contributed by atoms with van der Waals surface area (Å²) in [5.74, 6) is 0.631. The van der Waals surface area contributed by atoms with Crippen LogP contribution in [-0.4, -0.2) is 24.1 Å². The van der Waals surface area contributed by atoms with Gasteiger partial charge in [0.05, 0.1) is 12.1 Å². The molecule has 1 rings (SSSR count). The molecule has 1 unspecified atom stereocenters. The minimum Gasteiger partial charge on any atom is -0.493 e. The van der Waals surface area contributed by atoms with Crippen molar-refractivity contribution < 1.29 is 9.53 Å². The van der Waals surface area contributed by atoms with Crippen LogP contribution in [0.3, 0.4) is 0 Å². The highest BCUT2D eigenvalue weighted by atomic mass is 16.5. The number of ether oxygens (including phenoxy) is 1. The van der Waals surface area contributed by atoms with Crippen LogP contribution in [0, 0.1) is 6.92 Å². The van der Waals surface area contributed by atoms with E-state index in [0.717, 1.165) is 30.6 Å². The highest BCUT2D eigenvalue weighted by Gasteiger charge is 2.30. The van der Waals surface area contributed by atoms with Gasteiger partial charge in [-0.15, -0.1) is 0 Å². The number of hydrogen-bond donors (Lipinski definition) is 2. The number of para-hydroxylation sites is 1. The van der Waals surface area contributed by atoms with Gasteiger partial charge in [-0.3, -0.25) is 4.79 Å². The maximum Gasteiger partial charge on any atom is 0.237 e. The second kappa shape index (κ2) is 8.03. The van der Waals surface area contributed by atoms with E-state index in [-0.39, 0.29) is 11.9 Å². The minimum atomic E-state index is -0.642. The fraction of sp³-hybridized carbons (Fsp3) is 0.588. The summed E-state index contributed by atoms with van der Waals surface area (Å²) in [6.07, 6.45) is 2.51. The molecule has 0 heterocycles. The van der Waals surface area contributed by atoms with Gasteiger partial charge in [0, 0.05) is 6.04 Å². The molecule has 1 atom stereocenters. The van der Waals surface area contributed by atoms with Gasteiger partial charge in [-0.2, -0.15) is 0 Å². The normalized spacial score (nSPS) is 14.0. The van der Waals surface area contributed by atoms with Crippen LogP contribution in [0.2, 0.25) is 0 Å². The Morgan fingerprint density at radius 1 is 1.33 bits per heavy atom. The van der Waals surface area contributed by atoms with Crippen LogP contribution in [0.25, 0.3) is 0 Å². The highest BCUT2D eigenvalue weighted by Crippen LogP contribution is 2.18. The summed E-state index contributed by atoms with van der Waals surface area (Å²) >= 11 is 0. The predicted octanol–water partition coefficient (Wildman–Crippen LogP) is 2.79. The molecule has 21 heavy (non-hydrogen) atoms. The zero-order chi connectivity index (χ0) is 15.9. The molecule has 118 valence electrons. The number of rotatable bonds is 9. The van der Waals surface area contributed by atoms with E-state index in [4.69, 9.17) is 10.5 Å². The van der Waals surface area contributed by atoms with E-state index in [1.807, 2.05) is 52.0 Å². The van der Waals surface area contributed by atoms with E-state index < -0.39 is 5.54 Å². The maximum atomic E-state index is 11.6. The van der Waals surface area contributed by atoms with Crippen molar-refractivity contribution in [2.24, 2.45) is 5.73 Å². The monoisotopic (exact) mass is 292 g/mol. The molecule has 3 N–H and O–H groups in total. The summed E-state index contributed by atoms with van der Waals surface area (Å²) in [5, 5.41) is 3.26. The molecule has 4 nitrogen and oxygen atoms in total. The average Bonchev–Trinajstić information content (AvgIpc) is 2.39. The van der Waals surface area contributed by atoms with Gasteiger partial charge in [0.25, 0.3) is 0 Å². The number of benzene rings is 1. The molecule has 1 amide bonds. The van der Waals surface area contributed by atoms with Crippen LogP contribution < -0.4 is 15.8 Å². The maximum absolute atomic E-state index is 11.6. The number of amides is 1. The SMILES string of the molecule is Cc1ccccc1OCCCCC(C)(NC(C)C)C(N)=O. The first-order chi connectivity index (χ1) is 9.85. The van der Waals surface area contributed by atoms with Crippen molar-refractivity contribution in [3.05, 3.63) is 29.8 Å². The summed E-state index contributed by atoms with van der Waals surface area (Å²) < 4.78 is 5.76. The summed E-state index contributed by atoms with van der Waals surface area (Å²) in [4.78, 5) is 11.6. The molecule has 1 aromatic carbocycles. The van der Waals surface area contributed by atoms with Crippen LogP contribution >= 0.6 is 0 Å². The van der Waals surface area contributed by atoms with Crippen molar-refractivity contribution in [2.45, 2.75) is 58.5 Å². The lowest BCUT2D eigenvalue weighted by Crippen LogP contribution is -2.55. The molecule has 0 aliphatic heterocycles. The van der Waals surface area contributed by atoms with Gasteiger partial charge in [0.15, 0.2) is 0 Å². The third-order valence-corrected chi connectivity index (χ3v) is 3.57. The quantitative estimate of drug-likeness (QED) is 0.688. The zero-order valence-corrected chi connectivity index (χ0v) is 13.6. The molecular formula is C17H28N2O2. The average molecular weight is 292 g/mol. The first-order valence-corrected chi connectivity index (χ1v) is 7.61. The van der Waals surface area contributed by atoms with Crippen LogP contribution in [0.1, 0.15) is 45.6 Å². The topological polar surface area (TPSA) is 64.3 Å². The second-order valence-corrected chi connectivity index (χ2v) is 6.07. The second-order valence-electron chi connectivity index (χ2n) is 6.07. The van der Waals surface area contributed by atoms with Gasteiger partial charge in [-0.25, -0.2) is 0 Å². The molecule has 1 aromatic rings. The third kappa shape index (κ3) is 5.76. The van der Waals surface area contributed by atoms with Crippen LogP contribution in [0.15, 0.2) is 24.3 Å². The molecule has 0 aliphatic rings. The Bertz CT molecular complexity index is 460. The van der Waals surface area contributed by atoms with Crippen molar-refractivity contribution in [1.29, 1.82) is 0 Å². The van der Waals surface area contributed by atoms with E-state index in [1.165, 1.54) is 0 Å². The Labute approximate surface area is 128 Å². The lowest BCUT2D eigenvalue weighted by molar-refractivity contribution is -0.124. The first kappa shape index (κ1) is 17.5. The molecule has 0 saturated heterocycles.